The molecule has 0 aromatic carbocycles. The summed E-state index contributed by atoms with van der Waals surface area (Å²) in [6.45, 7) is 4.30. The Kier molecular flexibility index (Phi) is 4.51. The molecule has 1 saturated carbocycles. The Morgan fingerprint density at radius 3 is 2.93 bits per heavy atom. The second-order valence-electron chi connectivity index (χ2n) is 7.71. The highest BCUT2D eigenvalue weighted by Gasteiger charge is 2.33. The third-order valence-corrected chi connectivity index (χ3v) is 6.87. The van der Waals surface area contributed by atoms with Crippen LogP contribution in [-0.2, 0) is 6.54 Å². The lowest BCUT2D eigenvalue weighted by Crippen LogP contribution is -2.38. The van der Waals surface area contributed by atoms with Crippen molar-refractivity contribution in [3.8, 4) is 0 Å². The van der Waals surface area contributed by atoms with Crippen molar-refractivity contribution in [1.82, 2.24) is 26.3 Å². The van der Waals surface area contributed by atoms with E-state index < -0.39 is 0 Å². The normalized spacial score (nSPS) is 24.1. The van der Waals surface area contributed by atoms with Crippen LogP contribution in [0.15, 0.2) is 35.1 Å². The van der Waals surface area contributed by atoms with Gasteiger partial charge in [-0.3, -0.25) is 0 Å². The first-order chi connectivity index (χ1) is 13.3. The van der Waals surface area contributed by atoms with Crippen LogP contribution in [0.3, 0.4) is 0 Å². The van der Waals surface area contributed by atoms with Gasteiger partial charge in [-0.25, -0.2) is 10.0 Å². The number of thiophene rings is 1. The van der Waals surface area contributed by atoms with Crippen LogP contribution in [0.25, 0.3) is 5.70 Å². The number of nitrogens with one attached hydrogen (secondary N) is 4. The smallest absolute Gasteiger partial charge is 0.141 e. The van der Waals surface area contributed by atoms with Crippen LogP contribution in [-0.4, -0.2) is 22.9 Å². The van der Waals surface area contributed by atoms with Gasteiger partial charge in [0.2, 0.25) is 0 Å². The van der Waals surface area contributed by atoms with E-state index in [2.05, 4.69) is 51.4 Å². The van der Waals surface area contributed by atoms with Crippen LogP contribution in [0.1, 0.15) is 41.0 Å². The van der Waals surface area contributed by atoms with E-state index in [4.69, 9.17) is 0 Å². The predicted molar refractivity (Wildman–Crippen MR) is 110 cm³/mol. The topological polar surface area (TPSA) is 67.5 Å². The first-order valence-corrected chi connectivity index (χ1v) is 10.6. The molecule has 0 atom stereocenters. The quantitative estimate of drug-likeness (QED) is 0.637. The summed E-state index contributed by atoms with van der Waals surface area (Å²) in [6, 6.07) is 6.56. The highest BCUT2D eigenvalue weighted by atomic mass is 32.1. The third kappa shape index (κ3) is 3.31. The molecule has 142 valence electrons. The molecule has 0 amide bonds. The van der Waals surface area contributed by atoms with Gasteiger partial charge in [-0.2, -0.15) is 0 Å². The van der Waals surface area contributed by atoms with Gasteiger partial charge < -0.3 is 15.7 Å². The van der Waals surface area contributed by atoms with Crippen LogP contribution < -0.4 is 16.3 Å². The number of fused-ring (bicyclic) bond motifs is 3. The molecule has 2 aromatic rings. The molecule has 0 spiro atoms. The van der Waals surface area contributed by atoms with Gasteiger partial charge in [0.05, 0.1) is 11.4 Å². The highest BCUT2D eigenvalue weighted by Crippen LogP contribution is 2.40. The summed E-state index contributed by atoms with van der Waals surface area (Å²) in [7, 11) is 0. The number of rotatable bonds is 5. The second kappa shape index (κ2) is 7.14. The van der Waals surface area contributed by atoms with E-state index >= 15 is 0 Å². The van der Waals surface area contributed by atoms with Crippen molar-refractivity contribution in [2.24, 2.45) is 16.8 Å². The van der Waals surface area contributed by atoms with Gasteiger partial charge in [-0.15, -0.1) is 16.9 Å². The van der Waals surface area contributed by atoms with Crippen molar-refractivity contribution in [2.75, 3.05) is 6.54 Å². The Hall–Kier alpha value is -2.09. The monoisotopic (exact) mass is 382 g/mol. The highest BCUT2D eigenvalue weighted by molar-refractivity contribution is 7.11. The zero-order chi connectivity index (χ0) is 18.2. The molecule has 0 bridgehead atoms. The van der Waals surface area contributed by atoms with Gasteiger partial charge in [-0.1, -0.05) is 0 Å². The lowest BCUT2D eigenvalue weighted by atomic mass is 9.79. The van der Waals surface area contributed by atoms with Crippen LogP contribution in [0.4, 0.5) is 5.82 Å². The van der Waals surface area contributed by atoms with Crippen LogP contribution >= 0.6 is 11.3 Å². The average Bonchev–Trinajstić information content (AvgIpc) is 3.40. The number of hydrogen-bond acceptors (Lipinski definition) is 6. The zero-order valence-corrected chi connectivity index (χ0v) is 16.4. The van der Waals surface area contributed by atoms with Crippen LogP contribution in [0, 0.1) is 18.8 Å². The number of allylic oxidation sites excluding steroid dienone is 1. The van der Waals surface area contributed by atoms with Crippen molar-refractivity contribution >= 4 is 29.2 Å². The molecule has 0 radical (unpaired) electrons. The summed E-state index contributed by atoms with van der Waals surface area (Å²) in [4.78, 5) is 10.5. The molecule has 2 aromatic heterocycles. The van der Waals surface area contributed by atoms with Crippen molar-refractivity contribution in [1.29, 1.82) is 0 Å². The van der Waals surface area contributed by atoms with Gasteiger partial charge in [0.1, 0.15) is 12.2 Å². The molecule has 1 fully saturated rings. The number of aromatic nitrogens is 1. The molecule has 0 unspecified atom stereocenters. The lowest BCUT2D eigenvalue weighted by molar-refractivity contribution is 0.282. The molecule has 2 aliphatic heterocycles. The molecular weight excluding hydrogens is 356 g/mol. The third-order valence-electron chi connectivity index (χ3n) is 5.87. The van der Waals surface area contributed by atoms with Crippen molar-refractivity contribution in [3.63, 3.8) is 0 Å². The number of hydrazine groups is 2. The molecule has 4 heterocycles. The summed E-state index contributed by atoms with van der Waals surface area (Å²) < 4.78 is 0. The van der Waals surface area contributed by atoms with Gasteiger partial charge in [0.25, 0.3) is 0 Å². The first kappa shape index (κ1) is 17.0. The van der Waals surface area contributed by atoms with E-state index in [1.54, 1.807) is 0 Å². The molecule has 5 rings (SSSR count). The fourth-order valence-corrected chi connectivity index (χ4v) is 5.29. The summed E-state index contributed by atoms with van der Waals surface area (Å²) in [5.41, 5.74) is 10.4. The fourth-order valence-electron chi connectivity index (χ4n) is 4.43. The largest absolute Gasteiger partial charge is 0.346 e. The summed E-state index contributed by atoms with van der Waals surface area (Å²) >= 11 is 1.90. The average molecular weight is 383 g/mol. The van der Waals surface area contributed by atoms with E-state index in [9.17, 15) is 0 Å². The number of H-pyrrole nitrogens is 1. The van der Waals surface area contributed by atoms with E-state index in [1.807, 2.05) is 28.9 Å². The fraction of sp³-hybridized carbons (Fsp3) is 0.450. The molecular formula is C20H26N6S. The van der Waals surface area contributed by atoms with E-state index in [-0.39, 0.29) is 0 Å². The molecule has 0 saturated heterocycles. The summed E-state index contributed by atoms with van der Waals surface area (Å²) in [5, 5.41) is 5.67. The standard InChI is InChI=1S/C20H26N6S/c1-13-2-7-16(27-13)11-21-10-14-3-5-15(6-4-14)18-19-17-8-9-22-20(17)23-12-26(19)25-24-18/h2,7-9,12,14-15,21-22,24-25H,3-6,10-11H2,1H3. The van der Waals surface area contributed by atoms with Crippen LogP contribution in [0.5, 0.6) is 0 Å². The molecule has 1 aliphatic carbocycles. The van der Waals surface area contributed by atoms with Crippen LogP contribution in [0.2, 0.25) is 0 Å². The Morgan fingerprint density at radius 1 is 1.22 bits per heavy atom. The number of aromatic amines is 1. The second-order valence-corrected chi connectivity index (χ2v) is 9.09. The predicted octanol–water partition coefficient (Wildman–Crippen LogP) is 3.65. The Labute approximate surface area is 163 Å². The maximum absolute atomic E-state index is 4.45. The maximum Gasteiger partial charge on any atom is 0.141 e. The Bertz CT molecular complexity index is 871. The number of aryl methyl sites for hydroxylation is 1. The number of nitrogens with zero attached hydrogens (tertiary/aromatic N) is 2. The molecule has 3 aliphatic rings. The van der Waals surface area contributed by atoms with Gasteiger partial charge in [0, 0.05) is 34.0 Å². The van der Waals surface area contributed by atoms with Crippen molar-refractivity contribution in [2.45, 2.75) is 39.2 Å². The molecule has 27 heavy (non-hydrogen) atoms. The zero-order valence-electron chi connectivity index (χ0n) is 15.6. The Balaban J connectivity index is 1.19. The number of aliphatic imine (C=N–C) groups is 1. The molecule has 6 nitrogen and oxygen atoms in total. The molecule has 4 N–H and O–H groups in total. The minimum atomic E-state index is 0.586. The minimum absolute atomic E-state index is 0.586. The van der Waals surface area contributed by atoms with E-state index in [0.717, 1.165) is 24.8 Å². The van der Waals surface area contributed by atoms with Gasteiger partial charge in [-0.05, 0) is 63.3 Å². The maximum atomic E-state index is 4.45. The van der Waals surface area contributed by atoms with Gasteiger partial charge >= 0.3 is 0 Å². The van der Waals surface area contributed by atoms with Crippen molar-refractivity contribution < 1.29 is 0 Å². The lowest BCUT2D eigenvalue weighted by Gasteiger charge is -2.29. The first-order valence-electron chi connectivity index (χ1n) is 9.81. The summed E-state index contributed by atoms with van der Waals surface area (Å²) in [6.07, 6.45) is 8.86. The SMILES string of the molecule is Cc1ccc(CNCC2CCC(C3=C4c5cc[nH]c5N=CN4NN3)CC2)s1. The Morgan fingerprint density at radius 2 is 2.11 bits per heavy atom. The summed E-state index contributed by atoms with van der Waals surface area (Å²) in [5.74, 6) is 2.32. The van der Waals surface area contributed by atoms with Gasteiger partial charge in [0.15, 0.2) is 0 Å². The number of hydrogen-bond donors (Lipinski definition) is 4. The molecule has 7 heteroatoms. The van der Waals surface area contributed by atoms with Crippen molar-refractivity contribution in [3.05, 3.63) is 45.4 Å². The minimum Gasteiger partial charge on any atom is -0.346 e. The van der Waals surface area contributed by atoms with E-state index in [1.165, 1.54) is 52.4 Å². The van der Waals surface area contributed by atoms with E-state index in [0.29, 0.717) is 5.92 Å².